The molecule has 0 heterocycles. The van der Waals surface area contributed by atoms with Gasteiger partial charge in [-0.25, -0.2) is 0 Å². The molecule has 4 saturated carbocycles. The SMILES string of the molecule is C1CCC(P(CCP(C2CCCC2)C2CCCC2)C2CCCC2)C1.F[B-](F)(F)F.F[B-](F)(F)F. The molecule has 0 saturated heterocycles. The van der Waals surface area contributed by atoms with E-state index in [0.29, 0.717) is 15.8 Å². The molecule has 0 bridgehead atoms. The van der Waals surface area contributed by atoms with Gasteiger partial charge >= 0.3 is 14.5 Å². The first kappa shape index (κ1) is 30.7. The third-order valence-electron chi connectivity index (χ3n) is 7.79. The van der Waals surface area contributed by atoms with E-state index in [0.717, 1.165) is 0 Å². The Morgan fingerprint density at radius 3 is 0.676 bits per heavy atom. The maximum atomic E-state index is 9.75. The van der Waals surface area contributed by atoms with E-state index in [2.05, 4.69) is 0 Å². The molecule has 0 nitrogen and oxygen atoms in total. The Labute approximate surface area is 202 Å². The summed E-state index contributed by atoms with van der Waals surface area (Å²) in [6.07, 6.45) is 28.9. The van der Waals surface area contributed by atoms with E-state index in [1.807, 2.05) is 0 Å². The number of hydrogen-bond acceptors (Lipinski definition) is 0. The monoisotopic (exact) mass is 540 g/mol. The summed E-state index contributed by atoms with van der Waals surface area (Å²) in [5.41, 5.74) is 4.80. The van der Waals surface area contributed by atoms with Crippen LogP contribution < -0.4 is 0 Å². The van der Waals surface area contributed by atoms with E-state index < -0.39 is 14.5 Å². The normalized spacial score (nSPS) is 23.5. The van der Waals surface area contributed by atoms with Crippen molar-refractivity contribution in [3.05, 3.63) is 0 Å². The van der Waals surface area contributed by atoms with E-state index in [9.17, 15) is 34.5 Å². The quantitative estimate of drug-likeness (QED) is 0.171. The fraction of sp³-hybridized carbons (Fsp3) is 1.00. The van der Waals surface area contributed by atoms with Crippen LogP contribution in [-0.4, -0.2) is 49.5 Å². The molecule has 12 heteroatoms. The average Bonchev–Trinajstić information content (AvgIpc) is 3.52. The van der Waals surface area contributed by atoms with Crippen LogP contribution in [-0.2, 0) is 0 Å². The topological polar surface area (TPSA) is 0 Å². The highest BCUT2D eigenvalue weighted by molar-refractivity contribution is 7.63. The van der Waals surface area contributed by atoms with E-state index >= 15 is 0 Å². The van der Waals surface area contributed by atoms with Gasteiger partial charge in [0.25, 0.3) is 0 Å². The average molecular weight is 540 g/mol. The third kappa shape index (κ3) is 13.1. The van der Waals surface area contributed by atoms with Crippen LogP contribution in [0.15, 0.2) is 0 Å². The maximum Gasteiger partial charge on any atom is 0.673 e. The van der Waals surface area contributed by atoms with Crippen LogP contribution in [0.4, 0.5) is 34.5 Å². The van der Waals surface area contributed by atoms with Crippen molar-refractivity contribution in [1.29, 1.82) is 0 Å². The van der Waals surface area contributed by atoms with Crippen LogP contribution in [0, 0.1) is 0 Å². The molecule has 0 atom stereocenters. The summed E-state index contributed by atoms with van der Waals surface area (Å²) >= 11 is 0. The molecule has 4 rings (SSSR count). The van der Waals surface area contributed by atoms with Gasteiger partial charge in [0.1, 0.15) is 0 Å². The molecule has 0 amide bonds. The van der Waals surface area contributed by atoms with Crippen molar-refractivity contribution >= 4 is 30.4 Å². The minimum absolute atomic E-state index is 0.392. The van der Waals surface area contributed by atoms with E-state index in [1.165, 1.54) is 22.6 Å². The van der Waals surface area contributed by atoms with E-state index in [1.54, 1.807) is 115 Å². The van der Waals surface area contributed by atoms with Crippen molar-refractivity contribution in [2.24, 2.45) is 0 Å². The molecule has 0 unspecified atom stereocenters. The zero-order chi connectivity index (χ0) is 25.2. The summed E-state index contributed by atoms with van der Waals surface area (Å²) < 4.78 is 78.0. The van der Waals surface area contributed by atoms with E-state index in [-0.39, 0.29) is 0 Å². The summed E-state index contributed by atoms with van der Waals surface area (Å²) in [5, 5.41) is 0. The number of rotatable bonds is 7. The number of hydrogen-bond donors (Lipinski definition) is 0. The highest BCUT2D eigenvalue weighted by Crippen LogP contribution is 2.62. The summed E-state index contributed by atoms with van der Waals surface area (Å²) in [5.74, 6) is 0. The third-order valence-corrected chi connectivity index (χ3v) is 15.4. The predicted octanol–water partition coefficient (Wildman–Crippen LogP) is 10.3. The Morgan fingerprint density at radius 2 is 0.529 bits per heavy atom. The van der Waals surface area contributed by atoms with Crippen molar-refractivity contribution in [3.63, 3.8) is 0 Å². The van der Waals surface area contributed by atoms with Crippen LogP contribution in [0.3, 0.4) is 0 Å². The minimum atomic E-state index is -6.00. The van der Waals surface area contributed by atoms with Crippen LogP contribution in [0.25, 0.3) is 0 Å². The van der Waals surface area contributed by atoms with Gasteiger partial charge in [-0.3, -0.25) is 0 Å². The van der Waals surface area contributed by atoms with Crippen molar-refractivity contribution in [1.82, 2.24) is 0 Å². The number of halogens is 8. The van der Waals surface area contributed by atoms with Gasteiger partial charge in [-0.1, -0.05) is 67.2 Å². The molecule has 0 aromatic rings. The van der Waals surface area contributed by atoms with Crippen molar-refractivity contribution in [3.8, 4) is 0 Å². The molecule has 0 radical (unpaired) electrons. The summed E-state index contributed by atoms with van der Waals surface area (Å²) in [6, 6.07) is 0. The zero-order valence-corrected chi connectivity index (χ0v) is 21.9. The maximum absolute atomic E-state index is 9.75. The molecule has 0 N–H and O–H groups in total. The fourth-order valence-corrected chi connectivity index (χ4v) is 15.1. The molecule has 0 spiro atoms. The zero-order valence-electron chi connectivity index (χ0n) is 20.1. The van der Waals surface area contributed by atoms with Gasteiger partial charge in [0, 0.05) is 0 Å². The van der Waals surface area contributed by atoms with Gasteiger partial charge in [0.2, 0.25) is 0 Å². The Balaban J connectivity index is 0.000000347. The summed E-state index contributed by atoms with van der Waals surface area (Å²) in [6.45, 7) is 0. The standard InChI is InChI=1S/C22H40P2.2BF4/c1-2-10-19(9-1)23(20-11-3-4-12-20)17-18-24(21-13-5-6-14-21)22-15-7-8-16-22;2*2-1(3,4)5/h19-22H,1-18H2;;/q;2*-1. The Morgan fingerprint density at radius 1 is 0.382 bits per heavy atom. The Bertz CT molecular complexity index is 448. The van der Waals surface area contributed by atoms with Crippen LogP contribution in [0.5, 0.6) is 0 Å². The first-order valence-corrected chi connectivity index (χ1v) is 16.5. The summed E-state index contributed by atoms with van der Waals surface area (Å²) in [7, 11) is -11.2. The van der Waals surface area contributed by atoms with Gasteiger partial charge in [-0.05, 0) is 86.3 Å². The molecule has 0 aromatic carbocycles. The summed E-state index contributed by atoms with van der Waals surface area (Å²) in [4.78, 5) is 0. The first-order valence-electron chi connectivity index (χ1n) is 13.2. The lowest BCUT2D eigenvalue weighted by Crippen LogP contribution is -2.18. The van der Waals surface area contributed by atoms with Crippen molar-refractivity contribution in [2.75, 3.05) is 12.3 Å². The van der Waals surface area contributed by atoms with Crippen LogP contribution in [0.2, 0.25) is 0 Å². The highest BCUT2D eigenvalue weighted by atomic mass is 31.1. The minimum Gasteiger partial charge on any atom is -0.418 e. The Kier molecular flexibility index (Phi) is 13.5. The second-order valence-corrected chi connectivity index (χ2v) is 16.1. The van der Waals surface area contributed by atoms with E-state index in [4.69, 9.17) is 0 Å². The van der Waals surface area contributed by atoms with Crippen LogP contribution in [0.1, 0.15) is 103 Å². The molecule has 0 aromatic heterocycles. The van der Waals surface area contributed by atoms with Gasteiger partial charge in [-0.2, -0.15) is 0 Å². The first-order chi connectivity index (χ1) is 15.9. The molecule has 4 fully saturated rings. The molecule has 4 aliphatic rings. The van der Waals surface area contributed by atoms with Crippen molar-refractivity contribution in [2.45, 2.75) is 125 Å². The molecule has 202 valence electrons. The van der Waals surface area contributed by atoms with Gasteiger partial charge in [-0.15, -0.1) is 0 Å². The molecular weight excluding hydrogens is 500 g/mol. The Hall–Kier alpha value is 0.430. The molecule has 34 heavy (non-hydrogen) atoms. The smallest absolute Gasteiger partial charge is 0.418 e. The highest BCUT2D eigenvalue weighted by Gasteiger charge is 2.36. The van der Waals surface area contributed by atoms with Gasteiger partial charge in [0.15, 0.2) is 0 Å². The molecular formula is C22H40B2F8P2-2. The fourth-order valence-electron chi connectivity index (χ4n) is 6.50. The van der Waals surface area contributed by atoms with Crippen molar-refractivity contribution < 1.29 is 34.5 Å². The lowest BCUT2D eigenvalue weighted by atomic mass is 10.3. The second kappa shape index (κ2) is 15.0. The lowest BCUT2D eigenvalue weighted by Gasteiger charge is -2.35. The van der Waals surface area contributed by atoms with Gasteiger partial charge < -0.3 is 34.5 Å². The predicted molar refractivity (Wildman–Crippen MR) is 133 cm³/mol. The van der Waals surface area contributed by atoms with Crippen LogP contribution >= 0.6 is 15.8 Å². The molecule has 4 aliphatic carbocycles. The van der Waals surface area contributed by atoms with Gasteiger partial charge in [0.05, 0.1) is 0 Å². The second-order valence-electron chi connectivity index (χ2n) is 10.2. The lowest BCUT2D eigenvalue weighted by molar-refractivity contribution is 0.366. The largest absolute Gasteiger partial charge is 0.673 e. The molecule has 0 aliphatic heterocycles.